The molecule has 1 aromatic heterocycles. The van der Waals surface area contributed by atoms with E-state index in [1.54, 1.807) is 30.5 Å². The molecular weight excluding hydrogens is 246 g/mol. The molecule has 3 aromatic rings. The first-order chi connectivity index (χ1) is 9.15. The number of nitrogens with zero attached hydrogens (tertiary/aromatic N) is 1. The molecule has 0 amide bonds. The number of hydrogen-bond donors (Lipinski definition) is 1. The van der Waals surface area contributed by atoms with Crippen LogP contribution < -0.4 is 5.73 Å². The maximum atomic E-state index is 13.8. The predicted molar refractivity (Wildman–Crippen MR) is 71.8 cm³/mol. The van der Waals surface area contributed by atoms with Crippen LogP contribution in [0, 0.1) is 11.6 Å². The number of hydrogen-bond acceptors (Lipinski definition) is 1. The summed E-state index contributed by atoms with van der Waals surface area (Å²) in [5.74, 6) is -0.611. The van der Waals surface area contributed by atoms with Crippen molar-refractivity contribution in [1.82, 2.24) is 4.57 Å². The van der Waals surface area contributed by atoms with Crippen LogP contribution >= 0.6 is 0 Å². The van der Waals surface area contributed by atoms with Gasteiger partial charge in [0.15, 0.2) is 0 Å². The Labute approximate surface area is 109 Å². The molecular formula is C15H12F2N2. The highest BCUT2D eigenvalue weighted by Gasteiger charge is 2.09. The summed E-state index contributed by atoms with van der Waals surface area (Å²) in [5.41, 5.74) is 7.51. The molecule has 0 saturated heterocycles. The van der Waals surface area contributed by atoms with Gasteiger partial charge in [0.1, 0.15) is 11.6 Å². The van der Waals surface area contributed by atoms with E-state index in [1.165, 1.54) is 18.2 Å². The van der Waals surface area contributed by atoms with Crippen molar-refractivity contribution in [2.75, 3.05) is 5.73 Å². The Morgan fingerprint density at radius 2 is 1.89 bits per heavy atom. The van der Waals surface area contributed by atoms with E-state index in [0.717, 1.165) is 10.9 Å². The van der Waals surface area contributed by atoms with Gasteiger partial charge in [0, 0.05) is 28.4 Å². The maximum Gasteiger partial charge on any atom is 0.130 e. The molecule has 0 atom stereocenters. The third-order valence-electron chi connectivity index (χ3n) is 3.22. The normalized spacial score (nSPS) is 11.1. The summed E-state index contributed by atoms with van der Waals surface area (Å²) >= 11 is 0. The van der Waals surface area contributed by atoms with Crippen LogP contribution in [0.5, 0.6) is 0 Å². The van der Waals surface area contributed by atoms with Crippen molar-refractivity contribution in [2.24, 2.45) is 0 Å². The van der Waals surface area contributed by atoms with Crippen molar-refractivity contribution in [3.05, 3.63) is 65.9 Å². The first kappa shape index (κ1) is 11.7. The highest BCUT2D eigenvalue weighted by atomic mass is 19.1. The first-order valence-corrected chi connectivity index (χ1v) is 5.92. The van der Waals surface area contributed by atoms with Gasteiger partial charge in [0.05, 0.1) is 6.54 Å². The van der Waals surface area contributed by atoms with E-state index >= 15 is 0 Å². The molecule has 1 heterocycles. The minimum absolute atomic E-state index is 0.282. The number of nitrogen functional groups attached to an aromatic ring is 1. The van der Waals surface area contributed by atoms with Crippen molar-refractivity contribution >= 4 is 16.6 Å². The van der Waals surface area contributed by atoms with Crippen LogP contribution in [0.25, 0.3) is 10.9 Å². The zero-order valence-electron chi connectivity index (χ0n) is 10.1. The number of aromatic nitrogens is 1. The van der Waals surface area contributed by atoms with Gasteiger partial charge in [0.2, 0.25) is 0 Å². The SMILES string of the molecule is Nc1cccc(F)c1Cn1ccc2cc(F)ccc21. The molecule has 2 N–H and O–H groups in total. The average molecular weight is 258 g/mol. The topological polar surface area (TPSA) is 30.9 Å². The molecule has 0 aliphatic heterocycles. The molecule has 0 radical (unpaired) electrons. The van der Waals surface area contributed by atoms with Crippen LogP contribution in [0.3, 0.4) is 0 Å². The van der Waals surface area contributed by atoms with Gasteiger partial charge in [-0.15, -0.1) is 0 Å². The van der Waals surface area contributed by atoms with Gasteiger partial charge in [-0.2, -0.15) is 0 Å². The van der Waals surface area contributed by atoms with Crippen molar-refractivity contribution in [1.29, 1.82) is 0 Å². The summed E-state index contributed by atoms with van der Waals surface area (Å²) in [6.07, 6.45) is 1.80. The predicted octanol–water partition coefficient (Wildman–Crippen LogP) is 3.55. The zero-order chi connectivity index (χ0) is 13.4. The first-order valence-electron chi connectivity index (χ1n) is 5.92. The summed E-state index contributed by atoms with van der Waals surface area (Å²) in [7, 11) is 0. The molecule has 0 aliphatic rings. The van der Waals surface area contributed by atoms with Crippen LogP contribution in [0.15, 0.2) is 48.7 Å². The lowest BCUT2D eigenvalue weighted by Crippen LogP contribution is -2.04. The molecule has 3 rings (SSSR count). The molecule has 0 spiro atoms. The highest BCUT2D eigenvalue weighted by molar-refractivity contribution is 5.80. The third-order valence-corrected chi connectivity index (χ3v) is 3.22. The van der Waals surface area contributed by atoms with Gasteiger partial charge in [0.25, 0.3) is 0 Å². The van der Waals surface area contributed by atoms with E-state index < -0.39 is 0 Å². The second-order valence-corrected chi connectivity index (χ2v) is 4.45. The monoisotopic (exact) mass is 258 g/mol. The quantitative estimate of drug-likeness (QED) is 0.700. The van der Waals surface area contributed by atoms with E-state index in [0.29, 0.717) is 17.8 Å². The standard InChI is InChI=1S/C15H12F2N2/c16-11-4-5-15-10(8-11)6-7-19(15)9-12-13(17)2-1-3-14(12)18/h1-8H,9,18H2. The van der Waals surface area contributed by atoms with Gasteiger partial charge >= 0.3 is 0 Å². The highest BCUT2D eigenvalue weighted by Crippen LogP contribution is 2.22. The van der Waals surface area contributed by atoms with Crippen LogP contribution in [-0.4, -0.2) is 4.57 Å². The van der Waals surface area contributed by atoms with E-state index in [-0.39, 0.29) is 11.6 Å². The number of halogens is 2. The lowest BCUT2D eigenvalue weighted by molar-refractivity contribution is 0.603. The molecule has 0 unspecified atom stereocenters. The number of benzene rings is 2. The molecule has 4 heteroatoms. The molecule has 96 valence electrons. The Balaban J connectivity index is 2.06. The second kappa shape index (κ2) is 4.39. The smallest absolute Gasteiger partial charge is 0.130 e. The minimum atomic E-state index is -0.330. The van der Waals surface area contributed by atoms with Gasteiger partial charge in [-0.3, -0.25) is 0 Å². The number of fused-ring (bicyclic) bond motifs is 1. The van der Waals surface area contributed by atoms with Crippen LogP contribution in [0.4, 0.5) is 14.5 Å². The number of rotatable bonds is 2. The Bertz CT molecular complexity index is 727. The summed E-state index contributed by atoms with van der Waals surface area (Å²) in [6.45, 7) is 0.327. The molecule has 2 nitrogen and oxygen atoms in total. The summed E-state index contributed by atoms with van der Waals surface area (Å²) in [6, 6.07) is 11.0. The third kappa shape index (κ3) is 2.05. The van der Waals surface area contributed by atoms with Crippen molar-refractivity contribution in [2.45, 2.75) is 6.54 Å². The summed E-state index contributed by atoms with van der Waals surface area (Å²) in [5, 5.41) is 0.787. The Morgan fingerprint density at radius 3 is 2.68 bits per heavy atom. The van der Waals surface area contributed by atoms with E-state index in [4.69, 9.17) is 5.73 Å². The molecule has 0 fully saturated rings. The Kier molecular flexibility index (Phi) is 2.71. The minimum Gasteiger partial charge on any atom is -0.398 e. The van der Waals surface area contributed by atoms with E-state index in [2.05, 4.69) is 0 Å². The number of nitrogens with two attached hydrogens (primary N) is 1. The lowest BCUT2D eigenvalue weighted by Gasteiger charge is -2.09. The van der Waals surface area contributed by atoms with Crippen molar-refractivity contribution < 1.29 is 8.78 Å². The average Bonchev–Trinajstić information content (AvgIpc) is 2.76. The summed E-state index contributed by atoms with van der Waals surface area (Å²) < 4.78 is 28.7. The molecule has 19 heavy (non-hydrogen) atoms. The van der Waals surface area contributed by atoms with Gasteiger partial charge in [-0.1, -0.05) is 6.07 Å². The Morgan fingerprint density at radius 1 is 1.05 bits per heavy atom. The fourth-order valence-corrected chi connectivity index (χ4v) is 2.22. The zero-order valence-corrected chi connectivity index (χ0v) is 10.1. The largest absolute Gasteiger partial charge is 0.398 e. The van der Waals surface area contributed by atoms with Gasteiger partial charge in [-0.05, 0) is 36.4 Å². The van der Waals surface area contributed by atoms with E-state index in [9.17, 15) is 8.78 Å². The number of anilines is 1. The molecule has 0 saturated carbocycles. The van der Waals surface area contributed by atoms with Crippen molar-refractivity contribution in [3.8, 4) is 0 Å². The van der Waals surface area contributed by atoms with Crippen LogP contribution in [-0.2, 0) is 6.54 Å². The van der Waals surface area contributed by atoms with Crippen LogP contribution in [0.2, 0.25) is 0 Å². The fourth-order valence-electron chi connectivity index (χ4n) is 2.22. The molecule has 2 aromatic carbocycles. The maximum absolute atomic E-state index is 13.8. The second-order valence-electron chi connectivity index (χ2n) is 4.45. The van der Waals surface area contributed by atoms with E-state index in [1.807, 2.05) is 4.57 Å². The summed E-state index contributed by atoms with van der Waals surface area (Å²) in [4.78, 5) is 0. The lowest BCUT2D eigenvalue weighted by atomic mass is 10.1. The molecule has 0 aliphatic carbocycles. The van der Waals surface area contributed by atoms with Gasteiger partial charge in [-0.25, -0.2) is 8.78 Å². The van der Waals surface area contributed by atoms with Crippen LogP contribution in [0.1, 0.15) is 5.56 Å². The van der Waals surface area contributed by atoms with Crippen molar-refractivity contribution in [3.63, 3.8) is 0 Å². The van der Waals surface area contributed by atoms with Gasteiger partial charge < -0.3 is 10.3 Å². The molecule has 0 bridgehead atoms. The fraction of sp³-hybridized carbons (Fsp3) is 0.0667. The Hall–Kier alpha value is -2.36.